The fourth-order valence-electron chi connectivity index (χ4n) is 2.86. The van der Waals surface area contributed by atoms with Crippen LogP contribution < -0.4 is 5.32 Å². The van der Waals surface area contributed by atoms with Gasteiger partial charge in [-0.3, -0.25) is 0 Å². The van der Waals surface area contributed by atoms with Gasteiger partial charge in [-0.15, -0.1) is 0 Å². The Morgan fingerprint density at radius 2 is 1.94 bits per heavy atom. The molecule has 0 aromatic heterocycles. The average molecular weight is 247 g/mol. The first-order chi connectivity index (χ1) is 8.63. The molecule has 0 bridgehead atoms. The Labute approximate surface area is 110 Å². The first kappa shape index (κ1) is 13.4. The fourth-order valence-corrected chi connectivity index (χ4v) is 2.86. The predicted octanol–water partition coefficient (Wildman–Crippen LogP) is 3.66. The molecule has 1 aromatic carbocycles. The molecule has 0 radical (unpaired) electrons. The molecule has 0 heterocycles. The van der Waals surface area contributed by atoms with Crippen LogP contribution in [0.3, 0.4) is 0 Å². The molecule has 2 rings (SSSR count). The van der Waals surface area contributed by atoms with E-state index in [1.807, 2.05) is 0 Å². The second kappa shape index (κ2) is 5.75. The molecule has 0 saturated heterocycles. The maximum absolute atomic E-state index is 10.4. The highest BCUT2D eigenvalue weighted by atomic mass is 16.3. The summed E-state index contributed by atoms with van der Waals surface area (Å²) in [6.45, 7) is 5.01. The first-order valence-corrected chi connectivity index (χ1v) is 7.19. The predicted molar refractivity (Wildman–Crippen MR) is 77.1 cm³/mol. The SMILES string of the molecule is CCc1ccc(NCC2(O)CCCCC2)cc1C. The molecule has 0 aliphatic heterocycles. The molecule has 1 fully saturated rings. The van der Waals surface area contributed by atoms with Crippen molar-refractivity contribution in [3.05, 3.63) is 29.3 Å². The molecule has 1 aliphatic rings. The zero-order chi connectivity index (χ0) is 13.0. The van der Waals surface area contributed by atoms with E-state index in [1.165, 1.54) is 17.5 Å². The van der Waals surface area contributed by atoms with E-state index in [-0.39, 0.29) is 0 Å². The molecular formula is C16H25NO. The van der Waals surface area contributed by atoms with Gasteiger partial charge in [-0.2, -0.15) is 0 Å². The molecule has 2 heteroatoms. The van der Waals surface area contributed by atoms with Gasteiger partial charge in [0.2, 0.25) is 0 Å². The maximum atomic E-state index is 10.4. The van der Waals surface area contributed by atoms with Crippen LogP contribution in [0.4, 0.5) is 5.69 Å². The highest BCUT2D eigenvalue weighted by Gasteiger charge is 2.28. The fraction of sp³-hybridized carbons (Fsp3) is 0.625. The van der Waals surface area contributed by atoms with Crippen LogP contribution >= 0.6 is 0 Å². The maximum Gasteiger partial charge on any atom is 0.0819 e. The molecule has 0 unspecified atom stereocenters. The number of aliphatic hydroxyl groups is 1. The Balaban J connectivity index is 1.95. The van der Waals surface area contributed by atoms with Crippen molar-refractivity contribution in [2.45, 2.75) is 58.0 Å². The van der Waals surface area contributed by atoms with Crippen LogP contribution in [0, 0.1) is 6.92 Å². The van der Waals surface area contributed by atoms with Gasteiger partial charge in [0.05, 0.1) is 5.60 Å². The Kier molecular flexibility index (Phi) is 4.28. The van der Waals surface area contributed by atoms with Gasteiger partial charge in [0.1, 0.15) is 0 Å². The molecule has 1 aliphatic carbocycles. The quantitative estimate of drug-likeness (QED) is 0.851. The van der Waals surface area contributed by atoms with E-state index < -0.39 is 5.60 Å². The summed E-state index contributed by atoms with van der Waals surface area (Å²) in [5.41, 5.74) is 3.37. The molecular weight excluding hydrogens is 222 g/mol. The lowest BCUT2D eigenvalue weighted by molar-refractivity contribution is 0.0167. The van der Waals surface area contributed by atoms with Gasteiger partial charge in [-0.25, -0.2) is 0 Å². The van der Waals surface area contributed by atoms with Gasteiger partial charge >= 0.3 is 0 Å². The molecule has 0 spiro atoms. The number of hydrogen-bond acceptors (Lipinski definition) is 2. The van der Waals surface area contributed by atoms with Crippen LogP contribution in [0.15, 0.2) is 18.2 Å². The van der Waals surface area contributed by atoms with Crippen LogP contribution in [-0.2, 0) is 6.42 Å². The number of aryl methyl sites for hydroxylation is 2. The highest BCUT2D eigenvalue weighted by molar-refractivity contribution is 5.48. The minimum absolute atomic E-state index is 0.490. The molecule has 2 N–H and O–H groups in total. The van der Waals surface area contributed by atoms with Gasteiger partial charge in [0.15, 0.2) is 0 Å². The summed E-state index contributed by atoms with van der Waals surface area (Å²) in [6.07, 6.45) is 6.54. The van der Waals surface area contributed by atoms with E-state index in [0.29, 0.717) is 6.54 Å². The molecule has 1 aromatic rings. The zero-order valence-corrected chi connectivity index (χ0v) is 11.6. The number of hydrogen-bond donors (Lipinski definition) is 2. The summed E-state index contributed by atoms with van der Waals surface area (Å²) in [5, 5.41) is 13.8. The number of rotatable bonds is 4. The molecule has 0 amide bonds. The lowest BCUT2D eigenvalue weighted by Crippen LogP contribution is -2.38. The first-order valence-electron chi connectivity index (χ1n) is 7.19. The Morgan fingerprint density at radius 1 is 1.22 bits per heavy atom. The van der Waals surface area contributed by atoms with Crippen molar-refractivity contribution in [2.75, 3.05) is 11.9 Å². The summed E-state index contributed by atoms with van der Waals surface area (Å²) in [6, 6.07) is 6.49. The second-order valence-electron chi connectivity index (χ2n) is 5.63. The molecule has 0 atom stereocenters. The highest BCUT2D eigenvalue weighted by Crippen LogP contribution is 2.28. The van der Waals surface area contributed by atoms with Crippen molar-refractivity contribution >= 4 is 5.69 Å². The normalized spacial score (nSPS) is 18.6. The summed E-state index contributed by atoms with van der Waals surface area (Å²) in [4.78, 5) is 0. The lowest BCUT2D eigenvalue weighted by Gasteiger charge is -2.32. The Hall–Kier alpha value is -1.02. The van der Waals surface area contributed by atoms with Crippen molar-refractivity contribution in [1.29, 1.82) is 0 Å². The van der Waals surface area contributed by atoms with Gasteiger partial charge in [0, 0.05) is 12.2 Å². The van der Waals surface area contributed by atoms with E-state index in [1.54, 1.807) is 0 Å². The number of benzene rings is 1. The van der Waals surface area contributed by atoms with Gasteiger partial charge < -0.3 is 10.4 Å². The zero-order valence-electron chi connectivity index (χ0n) is 11.6. The Morgan fingerprint density at radius 3 is 2.56 bits per heavy atom. The molecule has 2 nitrogen and oxygen atoms in total. The Bertz CT molecular complexity index is 394. The summed E-state index contributed by atoms with van der Waals surface area (Å²) in [5.74, 6) is 0. The third-order valence-corrected chi connectivity index (χ3v) is 4.13. The van der Waals surface area contributed by atoms with Crippen LogP contribution in [0.1, 0.15) is 50.2 Å². The molecule has 1 saturated carbocycles. The van der Waals surface area contributed by atoms with Crippen molar-refractivity contribution < 1.29 is 5.11 Å². The van der Waals surface area contributed by atoms with Gasteiger partial charge in [-0.1, -0.05) is 32.3 Å². The summed E-state index contributed by atoms with van der Waals surface area (Å²) < 4.78 is 0. The topological polar surface area (TPSA) is 32.3 Å². The van der Waals surface area contributed by atoms with E-state index in [4.69, 9.17) is 0 Å². The van der Waals surface area contributed by atoms with Crippen molar-refractivity contribution in [3.8, 4) is 0 Å². The summed E-state index contributed by atoms with van der Waals surface area (Å²) in [7, 11) is 0. The number of nitrogens with one attached hydrogen (secondary N) is 1. The smallest absolute Gasteiger partial charge is 0.0819 e. The number of anilines is 1. The van der Waals surface area contributed by atoms with Crippen LogP contribution in [-0.4, -0.2) is 17.3 Å². The minimum Gasteiger partial charge on any atom is -0.388 e. The van der Waals surface area contributed by atoms with Crippen LogP contribution in [0.5, 0.6) is 0 Å². The monoisotopic (exact) mass is 247 g/mol. The van der Waals surface area contributed by atoms with Crippen molar-refractivity contribution in [1.82, 2.24) is 0 Å². The van der Waals surface area contributed by atoms with Crippen molar-refractivity contribution in [2.24, 2.45) is 0 Å². The molecule has 18 heavy (non-hydrogen) atoms. The average Bonchev–Trinajstić information content (AvgIpc) is 2.38. The van der Waals surface area contributed by atoms with Crippen molar-refractivity contribution in [3.63, 3.8) is 0 Å². The summed E-state index contributed by atoms with van der Waals surface area (Å²) >= 11 is 0. The van der Waals surface area contributed by atoms with Crippen LogP contribution in [0.2, 0.25) is 0 Å². The minimum atomic E-state index is -0.490. The lowest BCUT2D eigenvalue weighted by atomic mass is 9.85. The largest absolute Gasteiger partial charge is 0.388 e. The van der Waals surface area contributed by atoms with Gasteiger partial charge in [0.25, 0.3) is 0 Å². The standard InChI is InChI=1S/C16H25NO/c1-3-14-7-8-15(11-13(14)2)17-12-16(18)9-5-4-6-10-16/h7-8,11,17-18H,3-6,9-10,12H2,1-2H3. The van der Waals surface area contributed by atoms with E-state index in [9.17, 15) is 5.11 Å². The third kappa shape index (κ3) is 3.26. The second-order valence-corrected chi connectivity index (χ2v) is 5.63. The van der Waals surface area contributed by atoms with E-state index in [2.05, 4.69) is 37.4 Å². The van der Waals surface area contributed by atoms with Gasteiger partial charge in [-0.05, 0) is 49.4 Å². The third-order valence-electron chi connectivity index (χ3n) is 4.13. The van der Waals surface area contributed by atoms with E-state index in [0.717, 1.165) is 37.8 Å². The molecule has 100 valence electrons. The van der Waals surface area contributed by atoms with Crippen LogP contribution in [0.25, 0.3) is 0 Å². The van der Waals surface area contributed by atoms with E-state index >= 15 is 0 Å².